The lowest BCUT2D eigenvalue weighted by molar-refractivity contribution is -0.121. The van der Waals surface area contributed by atoms with E-state index in [1.807, 2.05) is 24.3 Å². The highest BCUT2D eigenvalue weighted by Crippen LogP contribution is 2.25. The number of carbonyl (C=O) groups excluding carboxylic acids is 2. The Morgan fingerprint density at radius 1 is 1.04 bits per heavy atom. The SMILES string of the molecule is O=C(CCN1CCC(C(=O)Nc2ccccc2O)CC1)Nc1ccc(Br)cc1. The monoisotopic (exact) mass is 445 g/mol. The molecule has 148 valence electrons. The Morgan fingerprint density at radius 3 is 2.39 bits per heavy atom. The first-order valence-electron chi connectivity index (χ1n) is 9.38. The molecule has 3 rings (SSSR count). The van der Waals surface area contributed by atoms with Gasteiger partial charge in [-0.3, -0.25) is 9.59 Å². The van der Waals surface area contributed by atoms with Gasteiger partial charge in [-0.05, 0) is 62.3 Å². The van der Waals surface area contributed by atoms with Crippen molar-refractivity contribution in [1.82, 2.24) is 4.90 Å². The van der Waals surface area contributed by atoms with E-state index in [0.29, 0.717) is 18.7 Å². The van der Waals surface area contributed by atoms with Crippen LogP contribution in [-0.4, -0.2) is 41.5 Å². The van der Waals surface area contributed by atoms with Crippen molar-refractivity contribution in [3.63, 3.8) is 0 Å². The topological polar surface area (TPSA) is 81.7 Å². The van der Waals surface area contributed by atoms with E-state index in [-0.39, 0.29) is 23.5 Å². The third-order valence-electron chi connectivity index (χ3n) is 4.90. The summed E-state index contributed by atoms with van der Waals surface area (Å²) in [6.07, 6.45) is 1.91. The van der Waals surface area contributed by atoms with Gasteiger partial charge in [-0.1, -0.05) is 28.1 Å². The van der Waals surface area contributed by atoms with Crippen molar-refractivity contribution in [2.45, 2.75) is 19.3 Å². The molecule has 1 aliphatic heterocycles. The number of hydrogen-bond acceptors (Lipinski definition) is 4. The number of phenolic OH excluding ortho intramolecular Hbond substituents is 1. The van der Waals surface area contributed by atoms with Gasteiger partial charge in [-0.15, -0.1) is 0 Å². The van der Waals surface area contributed by atoms with Crippen molar-refractivity contribution in [3.8, 4) is 5.75 Å². The van der Waals surface area contributed by atoms with Gasteiger partial charge in [0, 0.05) is 29.0 Å². The van der Waals surface area contributed by atoms with Gasteiger partial charge in [0.2, 0.25) is 11.8 Å². The molecular weight excluding hydrogens is 422 g/mol. The zero-order valence-electron chi connectivity index (χ0n) is 15.5. The van der Waals surface area contributed by atoms with Crippen molar-refractivity contribution >= 4 is 39.1 Å². The molecular formula is C21H24BrN3O3. The van der Waals surface area contributed by atoms with Crippen LogP contribution in [0.5, 0.6) is 5.75 Å². The van der Waals surface area contributed by atoms with E-state index < -0.39 is 0 Å². The molecule has 6 nitrogen and oxygen atoms in total. The maximum atomic E-state index is 12.4. The fraction of sp³-hybridized carbons (Fsp3) is 0.333. The number of benzene rings is 2. The summed E-state index contributed by atoms with van der Waals surface area (Å²) in [4.78, 5) is 26.7. The molecule has 1 saturated heterocycles. The van der Waals surface area contributed by atoms with Gasteiger partial charge in [0.15, 0.2) is 0 Å². The van der Waals surface area contributed by atoms with E-state index in [1.165, 1.54) is 0 Å². The molecule has 0 atom stereocenters. The molecule has 0 unspecified atom stereocenters. The number of halogens is 1. The van der Waals surface area contributed by atoms with Crippen molar-refractivity contribution in [1.29, 1.82) is 0 Å². The van der Waals surface area contributed by atoms with Crippen LogP contribution in [0.3, 0.4) is 0 Å². The normalized spacial score (nSPS) is 15.2. The van der Waals surface area contributed by atoms with Crippen LogP contribution in [0.4, 0.5) is 11.4 Å². The molecule has 28 heavy (non-hydrogen) atoms. The highest BCUT2D eigenvalue weighted by atomic mass is 79.9. The van der Waals surface area contributed by atoms with Crippen LogP contribution in [0, 0.1) is 5.92 Å². The van der Waals surface area contributed by atoms with Crippen LogP contribution in [0.2, 0.25) is 0 Å². The van der Waals surface area contributed by atoms with Crippen LogP contribution in [0.15, 0.2) is 53.0 Å². The average molecular weight is 446 g/mol. The van der Waals surface area contributed by atoms with Crippen LogP contribution in [-0.2, 0) is 9.59 Å². The summed E-state index contributed by atoms with van der Waals surface area (Å²) in [6, 6.07) is 14.2. The standard InChI is InChI=1S/C21H24BrN3O3/c22-16-5-7-17(8-6-16)23-20(27)11-14-25-12-9-15(10-13-25)21(28)24-18-3-1-2-4-19(18)26/h1-8,15,26H,9-14H2,(H,23,27)(H,24,28). The number of carbonyl (C=O) groups is 2. The minimum atomic E-state index is -0.0764. The molecule has 0 saturated carbocycles. The Balaban J connectivity index is 1.39. The summed E-state index contributed by atoms with van der Waals surface area (Å²) in [5.74, 6) is -0.0756. The fourth-order valence-electron chi connectivity index (χ4n) is 3.25. The number of nitrogens with zero attached hydrogens (tertiary/aromatic N) is 1. The third kappa shape index (κ3) is 5.81. The number of para-hydroxylation sites is 2. The number of rotatable bonds is 6. The molecule has 0 aliphatic carbocycles. The lowest BCUT2D eigenvalue weighted by Gasteiger charge is -2.31. The van der Waals surface area contributed by atoms with E-state index in [0.717, 1.165) is 36.1 Å². The molecule has 1 fully saturated rings. The number of hydrogen-bond donors (Lipinski definition) is 3. The number of nitrogens with one attached hydrogen (secondary N) is 2. The van der Waals surface area contributed by atoms with Crippen LogP contribution in [0.25, 0.3) is 0 Å². The molecule has 0 bridgehead atoms. The minimum Gasteiger partial charge on any atom is -0.506 e. The van der Waals surface area contributed by atoms with Gasteiger partial charge in [0.05, 0.1) is 5.69 Å². The van der Waals surface area contributed by atoms with E-state index in [2.05, 4.69) is 31.5 Å². The van der Waals surface area contributed by atoms with Gasteiger partial charge in [0.25, 0.3) is 0 Å². The molecule has 1 heterocycles. The van der Waals surface area contributed by atoms with Gasteiger partial charge in [-0.2, -0.15) is 0 Å². The predicted molar refractivity (Wildman–Crippen MR) is 113 cm³/mol. The Bertz CT molecular complexity index is 818. The van der Waals surface area contributed by atoms with E-state index in [9.17, 15) is 14.7 Å². The van der Waals surface area contributed by atoms with E-state index >= 15 is 0 Å². The lowest BCUT2D eigenvalue weighted by atomic mass is 9.95. The molecule has 1 aliphatic rings. The predicted octanol–water partition coefficient (Wildman–Crippen LogP) is 3.83. The molecule has 2 aromatic rings. The molecule has 2 aromatic carbocycles. The quantitative estimate of drug-likeness (QED) is 0.590. The summed E-state index contributed by atoms with van der Waals surface area (Å²) >= 11 is 3.37. The number of anilines is 2. The highest BCUT2D eigenvalue weighted by Gasteiger charge is 2.25. The van der Waals surface area contributed by atoms with Crippen molar-refractivity contribution in [2.24, 2.45) is 5.92 Å². The van der Waals surface area contributed by atoms with Gasteiger partial charge >= 0.3 is 0 Å². The highest BCUT2D eigenvalue weighted by molar-refractivity contribution is 9.10. The summed E-state index contributed by atoms with van der Waals surface area (Å²) in [5, 5.41) is 15.5. The largest absolute Gasteiger partial charge is 0.506 e. The Kier molecular flexibility index (Phi) is 7.06. The van der Waals surface area contributed by atoms with Crippen LogP contribution in [0.1, 0.15) is 19.3 Å². The number of amides is 2. The minimum absolute atomic E-state index is 0.0123. The summed E-state index contributed by atoms with van der Waals surface area (Å²) in [7, 11) is 0. The van der Waals surface area contributed by atoms with Crippen LogP contribution < -0.4 is 10.6 Å². The van der Waals surface area contributed by atoms with Gasteiger partial charge < -0.3 is 20.6 Å². The fourth-order valence-corrected chi connectivity index (χ4v) is 3.51. The number of phenols is 1. The van der Waals surface area contributed by atoms with Crippen molar-refractivity contribution in [3.05, 3.63) is 53.0 Å². The second-order valence-electron chi connectivity index (χ2n) is 6.93. The van der Waals surface area contributed by atoms with E-state index in [1.54, 1.807) is 24.3 Å². The molecule has 7 heteroatoms. The average Bonchev–Trinajstić information content (AvgIpc) is 2.70. The summed E-state index contributed by atoms with van der Waals surface area (Å²) in [6.45, 7) is 2.24. The first kappa shape index (κ1) is 20.4. The Hall–Kier alpha value is -2.38. The second kappa shape index (κ2) is 9.71. The Morgan fingerprint density at radius 2 is 1.71 bits per heavy atom. The summed E-state index contributed by atoms with van der Waals surface area (Å²) < 4.78 is 0.972. The molecule has 2 amide bonds. The first-order chi connectivity index (χ1) is 13.5. The second-order valence-corrected chi connectivity index (χ2v) is 7.84. The van der Waals surface area contributed by atoms with Gasteiger partial charge in [-0.25, -0.2) is 0 Å². The van der Waals surface area contributed by atoms with E-state index in [4.69, 9.17) is 0 Å². The first-order valence-corrected chi connectivity index (χ1v) is 10.2. The number of likely N-dealkylation sites (tertiary alicyclic amines) is 1. The van der Waals surface area contributed by atoms with Crippen molar-refractivity contribution < 1.29 is 14.7 Å². The number of aromatic hydroxyl groups is 1. The molecule has 0 radical (unpaired) electrons. The van der Waals surface area contributed by atoms with Crippen molar-refractivity contribution in [2.75, 3.05) is 30.3 Å². The number of piperidine rings is 1. The third-order valence-corrected chi connectivity index (χ3v) is 5.43. The Labute approximate surface area is 173 Å². The zero-order chi connectivity index (χ0) is 19.9. The molecule has 0 spiro atoms. The van der Waals surface area contributed by atoms with Crippen LogP contribution >= 0.6 is 15.9 Å². The lowest BCUT2D eigenvalue weighted by Crippen LogP contribution is -2.39. The zero-order valence-corrected chi connectivity index (χ0v) is 17.1. The maximum absolute atomic E-state index is 12.4. The maximum Gasteiger partial charge on any atom is 0.227 e. The molecule has 0 aromatic heterocycles. The van der Waals surface area contributed by atoms with Gasteiger partial charge in [0.1, 0.15) is 5.75 Å². The smallest absolute Gasteiger partial charge is 0.227 e. The summed E-state index contributed by atoms with van der Waals surface area (Å²) in [5.41, 5.74) is 1.23. The molecule has 3 N–H and O–H groups in total.